The molecule has 0 bridgehead atoms. The van der Waals surface area contributed by atoms with Crippen molar-refractivity contribution in [3.63, 3.8) is 0 Å². The van der Waals surface area contributed by atoms with E-state index in [-0.39, 0.29) is 5.56 Å². The number of ether oxygens (including phenoxy) is 1. The molecule has 0 aliphatic heterocycles. The summed E-state index contributed by atoms with van der Waals surface area (Å²) < 4.78 is 7.05. The maximum Gasteiger partial charge on any atom is 0.276 e. The van der Waals surface area contributed by atoms with Crippen LogP contribution >= 0.6 is 11.6 Å². The molecule has 0 saturated heterocycles. The van der Waals surface area contributed by atoms with E-state index >= 15 is 0 Å². The molecular formula is C23H22ClN3O3. The van der Waals surface area contributed by atoms with Gasteiger partial charge in [-0.2, -0.15) is 5.10 Å². The highest BCUT2D eigenvalue weighted by molar-refractivity contribution is 6.30. The standard InChI is InChI=1S/C23H22ClN3O3/c1-2-13-30-20-6-3-5-18(14-20)15-25-26-22(28)21-7-4-12-27(23(21)29)16-17-8-10-19(24)11-9-17/h3-12,14-15H,2,13,16H2,1H3,(H,26,28)/b25-15-. The second kappa shape index (κ2) is 10.4. The van der Waals surface area contributed by atoms with Crippen LogP contribution in [-0.4, -0.2) is 23.3 Å². The highest BCUT2D eigenvalue weighted by Gasteiger charge is 2.11. The molecule has 6 nitrogen and oxygen atoms in total. The fourth-order valence-corrected chi connectivity index (χ4v) is 2.88. The lowest BCUT2D eigenvalue weighted by Crippen LogP contribution is -2.30. The van der Waals surface area contributed by atoms with Crippen molar-refractivity contribution < 1.29 is 9.53 Å². The number of nitrogens with one attached hydrogen (secondary N) is 1. The Balaban J connectivity index is 1.67. The molecule has 3 rings (SSSR count). The third-order valence-electron chi connectivity index (χ3n) is 4.24. The predicted molar refractivity (Wildman–Crippen MR) is 119 cm³/mol. The lowest BCUT2D eigenvalue weighted by Gasteiger charge is -2.08. The van der Waals surface area contributed by atoms with Gasteiger partial charge in [0.25, 0.3) is 11.5 Å². The molecule has 154 valence electrons. The number of rotatable bonds is 8. The van der Waals surface area contributed by atoms with Gasteiger partial charge in [-0.15, -0.1) is 0 Å². The molecule has 0 atom stereocenters. The summed E-state index contributed by atoms with van der Waals surface area (Å²) in [6.45, 7) is 3.01. The van der Waals surface area contributed by atoms with E-state index in [1.165, 1.54) is 16.8 Å². The highest BCUT2D eigenvalue weighted by atomic mass is 35.5. The zero-order chi connectivity index (χ0) is 21.3. The number of hydrazone groups is 1. The number of amides is 1. The second-order valence-electron chi connectivity index (χ2n) is 6.60. The average Bonchev–Trinajstić information content (AvgIpc) is 2.75. The first-order valence-corrected chi connectivity index (χ1v) is 9.95. The van der Waals surface area contributed by atoms with Gasteiger partial charge in [-0.05, 0) is 53.9 Å². The number of nitrogens with zero attached hydrogens (tertiary/aromatic N) is 2. The van der Waals surface area contributed by atoms with Gasteiger partial charge >= 0.3 is 0 Å². The minimum Gasteiger partial charge on any atom is -0.494 e. The van der Waals surface area contributed by atoms with Crippen LogP contribution in [0.15, 0.2) is 76.8 Å². The van der Waals surface area contributed by atoms with Crippen LogP contribution < -0.4 is 15.7 Å². The first kappa shape index (κ1) is 21.3. The first-order chi connectivity index (χ1) is 14.6. The number of benzene rings is 2. The van der Waals surface area contributed by atoms with E-state index in [1.807, 2.05) is 43.3 Å². The largest absolute Gasteiger partial charge is 0.494 e. The summed E-state index contributed by atoms with van der Waals surface area (Å²) in [6, 6.07) is 17.7. The van der Waals surface area contributed by atoms with E-state index < -0.39 is 11.5 Å². The van der Waals surface area contributed by atoms with Crippen LogP contribution in [0.4, 0.5) is 0 Å². The van der Waals surface area contributed by atoms with Gasteiger partial charge in [0.2, 0.25) is 0 Å². The van der Waals surface area contributed by atoms with E-state index in [0.29, 0.717) is 18.2 Å². The zero-order valence-corrected chi connectivity index (χ0v) is 17.3. The maximum absolute atomic E-state index is 12.7. The van der Waals surface area contributed by atoms with Crippen LogP contribution in [0.5, 0.6) is 5.75 Å². The van der Waals surface area contributed by atoms with Crippen molar-refractivity contribution in [2.24, 2.45) is 5.10 Å². The number of halogens is 1. The quantitative estimate of drug-likeness (QED) is 0.438. The van der Waals surface area contributed by atoms with Gasteiger partial charge in [-0.1, -0.05) is 42.8 Å². The zero-order valence-electron chi connectivity index (χ0n) is 16.5. The van der Waals surface area contributed by atoms with Crippen LogP contribution in [0, 0.1) is 0 Å². The van der Waals surface area contributed by atoms with Crippen molar-refractivity contribution in [2.45, 2.75) is 19.9 Å². The summed E-state index contributed by atoms with van der Waals surface area (Å²) in [5.74, 6) is 0.167. The van der Waals surface area contributed by atoms with Crippen molar-refractivity contribution in [3.8, 4) is 5.75 Å². The molecular weight excluding hydrogens is 402 g/mol. The molecule has 1 amide bonds. The average molecular weight is 424 g/mol. The van der Waals surface area contributed by atoms with Gasteiger partial charge in [-0.25, -0.2) is 5.43 Å². The van der Waals surface area contributed by atoms with Crippen LogP contribution in [0.1, 0.15) is 34.8 Å². The normalized spacial score (nSPS) is 10.9. The van der Waals surface area contributed by atoms with E-state index in [9.17, 15) is 9.59 Å². The molecule has 0 saturated carbocycles. The van der Waals surface area contributed by atoms with Gasteiger partial charge in [0.15, 0.2) is 0 Å². The first-order valence-electron chi connectivity index (χ1n) is 9.57. The third-order valence-corrected chi connectivity index (χ3v) is 4.49. The minimum atomic E-state index is -0.569. The molecule has 0 aliphatic carbocycles. The predicted octanol–water partition coefficient (Wildman–Crippen LogP) is 4.10. The summed E-state index contributed by atoms with van der Waals surface area (Å²) in [6.07, 6.45) is 4.06. The highest BCUT2D eigenvalue weighted by Crippen LogP contribution is 2.12. The summed E-state index contributed by atoms with van der Waals surface area (Å²) in [7, 11) is 0. The van der Waals surface area contributed by atoms with Gasteiger partial charge in [0, 0.05) is 11.2 Å². The Bertz CT molecular complexity index is 1090. The number of hydrogen-bond donors (Lipinski definition) is 1. The molecule has 0 aliphatic rings. The van der Waals surface area contributed by atoms with Crippen molar-refractivity contribution in [1.29, 1.82) is 0 Å². The van der Waals surface area contributed by atoms with E-state index in [2.05, 4.69) is 10.5 Å². The molecule has 1 aromatic heterocycles. The van der Waals surface area contributed by atoms with Crippen molar-refractivity contribution in [3.05, 3.63) is 98.9 Å². The maximum atomic E-state index is 12.7. The molecule has 0 radical (unpaired) electrons. The van der Waals surface area contributed by atoms with Gasteiger partial charge in [0.05, 0.1) is 19.4 Å². The number of hydrogen-bond acceptors (Lipinski definition) is 4. The van der Waals surface area contributed by atoms with Crippen LogP contribution in [0.3, 0.4) is 0 Å². The molecule has 30 heavy (non-hydrogen) atoms. The Hall–Kier alpha value is -3.38. The van der Waals surface area contributed by atoms with Crippen molar-refractivity contribution in [2.75, 3.05) is 6.61 Å². The van der Waals surface area contributed by atoms with Crippen LogP contribution in [-0.2, 0) is 6.54 Å². The molecule has 3 aromatic rings. The molecule has 0 fully saturated rings. The Morgan fingerprint density at radius 3 is 2.73 bits per heavy atom. The molecule has 7 heteroatoms. The van der Waals surface area contributed by atoms with Gasteiger partial charge < -0.3 is 9.30 Å². The summed E-state index contributed by atoms with van der Waals surface area (Å²) >= 11 is 5.89. The number of carbonyl (C=O) groups is 1. The second-order valence-corrected chi connectivity index (χ2v) is 7.04. The summed E-state index contributed by atoms with van der Waals surface area (Å²) in [4.78, 5) is 25.1. The van der Waals surface area contributed by atoms with E-state index in [4.69, 9.17) is 16.3 Å². The topological polar surface area (TPSA) is 72.7 Å². The Morgan fingerprint density at radius 2 is 1.97 bits per heavy atom. The molecule has 0 unspecified atom stereocenters. The number of pyridine rings is 1. The van der Waals surface area contributed by atoms with E-state index in [1.54, 1.807) is 24.4 Å². The molecule has 1 heterocycles. The number of aromatic nitrogens is 1. The smallest absolute Gasteiger partial charge is 0.276 e. The lowest BCUT2D eigenvalue weighted by molar-refractivity contribution is 0.0953. The molecule has 1 N–H and O–H groups in total. The van der Waals surface area contributed by atoms with Crippen LogP contribution in [0.25, 0.3) is 0 Å². The van der Waals surface area contributed by atoms with Crippen LogP contribution in [0.2, 0.25) is 5.02 Å². The Kier molecular flexibility index (Phi) is 7.40. The van der Waals surface area contributed by atoms with Crippen molar-refractivity contribution >= 4 is 23.7 Å². The fourth-order valence-electron chi connectivity index (χ4n) is 2.75. The Morgan fingerprint density at radius 1 is 1.17 bits per heavy atom. The molecule has 2 aromatic carbocycles. The summed E-state index contributed by atoms with van der Waals surface area (Å²) in [5, 5.41) is 4.59. The third kappa shape index (κ3) is 5.81. The Labute approximate surface area is 179 Å². The van der Waals surface area contributed by atoms with Gasteiger partial charge in [-0.3, -0.25) is 9.59 Å². The van der Waals surface area contributed by atoms with Gasteiger partial charge in [0.1, 0.15) is 11.3 Å². The summed E-state index contributed by atoms with van der Waals surface area (Å²) in [5.41, 5.74) is 3.71. The SMILES string of the molecule is CCCOc1cccc(/C=N\NC(=O)c2cccn(Cc3ccc(Cl)cc3)c2=O)c1. The minimum absolute atomic E-state index is 0.0173. The van der Waals surface area contributed by atoms with E-state index in [0.717, 1.165) is 23.3 Å². The molecule has 0 spiro atoms. The van der Waals surface area contributed by atoms with Crippen molar-refractivity contribution in [1.82, 2.24) is 9.99 Å². The number of carbonyl (C=O) groups excluding carboxylic acids is 1. The lowest BCUT2D eigenvalue weighted by atomic mass is 10.2. The monoisotopic (exact) mass is 423 g/mol. The fraction of sp³-hybridized carbons (Fsp3) is 0.174.